The van der Waals surface area contributed by atoms with Gasteiger partial charge in [0.15, 0.2) is 5.60 Å². The number of carbonyl (C=O) groups is 1. The van der Waals surface area contributed by atoms with Gasteiger partial charge < -0.3 is 15.3 Å². The van der Waals surface area contributed by atoms with Crippen molar-refractivity contribution in [2.75, 3.05) is 13.1 Å². The van der Waals surface area contributed by atoms with Crippen molar-refractivity contribution in [1.82, 2.24) is 10.2 Å². The summed E-state index contributed by atoms with van der Waals surface area (Å²) in [6.45, 7) is 1.66. The third-order valence-corrected chi connectivity index (χ3v) is 4.48. The van der Waals surface area contributed by atoms with Gasteiger partial charge in [0, 0.05) is 32.0 Å². The van der Waals surface area contributed by atoms with E-state index in [2.05, 4.69) is 5.32 Å². The fourth-order valence-electron chi connectivity index (χ4n) is 2.77. The van der Waals surface area contributed by atoms with E-state index in [4.69, 9.17) is 0 Å². The maximum Gasteiger partial charge on any atom is 0.417 e. The van der Waals surface area contributed by atoms with E-state index in [1.54, 1.807) is 0 Å². The number of hydrogen-bond donors (Lipinski definition) is 2. The predicted octanol–water partition coefficient (Wildman–Crippen LogP) is 3.11. The molecule has 1 saturated heterocycles. The van der Waals surface area contributed by atoms with Gasteiger partial charge in [0.05, 0.1) is 0 Å². The van der Waals surface area contributed by atoms with Crippen LogP contribution < -0.4 is 5.32 Å². The highest BCUT2D eigenvalue weighted by molar-refractivity contribution is 5.74. The molecule has 1 aliphatic rings. The highest BCUT2D eigenvalue weighted by atomic mass is 19.4. The Labute approximate surface area is 139 Å². The molecule has 134 valence electrons. The van der Waals surface area contributed by atoms with E-state index >= 15 is 0 Å². The number of rotatable bonds is 4. The maximum absolute atomic E-state index is 12.8. The molecule has 7 heteroatoms. The van der Waals surface area contributed by atoms with Crippen LogP contribution in [-0.4, -0.2) is 46.9 Å². The van der Waals surface area contributed by atoms with Crippen molar-refractivity contribution < 1.29 is 23.1 Å². The Morgan fingerprint density at radius 2 is 1.88 bits per heavy atom. The van der Waals surface area contributed by atoms with Gasteiger partial charge in [-0.3, -0.25) is 0 Å². The number of nitrogens with zero attached hydrogens (tertiary/aromatic N) is 1. The third-order valence-electron chi connectivity index (χ3n) is 4.48. The van der Waals surface area contributed by atoms with Crippen LogP contribution in [0.15, 0.2) is 30.3 Å². The number of aryl methyl sites for hydroxylation is 1. The van der Waals surface area contributed by atoms with Gasteiger partial charge in [-0.05, 0) is 25.3 Å². The summed E-state index contributed by atoms with van der Waals surface area (Å²) in [6.07, 6.45) is -4.06. The summed E-state index contributed by atoms with van der Waals surface area (Å²) in [4.78, 5) is 13.5. The smallest absolute Gasteiger partial charge is 0.380 e. The van der Waals surface area contributed by atoms with Gasteiger partial charge in [0.25, 0.3) is 0 Å². The van der Waals surface area contributed by atoms with Crippen LogP contribution in [0.3, 0.4) is 0 Å². The summed E-state index contributed by atoms with van der Waals surface area (Å²) in [7, 11) is 0. The molecule has 4 nitrogen and oxygen atoms in total. The molecule has 1 heterocycles. The van der Waals surface area contributed by atoms with Crippen LogP contribution in [0.2, 0.25) is 0 Å². The van der Waals surface area contributed by atoms with Gasteiger partial charge in [0.1, 0.15) is 0 Å². The number of carbonyl (C=O) groups excluding carboxylic acids is 1. The fourth-order valence-corrected chi connectivity index (χ4v) is 2.77. The first-order valence-electron chi connectivity index (χ1n) is 8.10. The molecule has 0 aliphatic carbocycles. The fraction of sp³-hybridized carbons (Fsp3) is 0.588. The molecule has 24 heavy (non-hydrogen) atoms. The van der Waals surface area contributed by atoms with Crippen molar-refractivity contribution in [2.24, 2.45) is 0 Å². The summed E-state index contributed by atoms with van der Waals surface area (Å²) in [6, 6.07) is 9.41. The molecule has 1 aliphatic heterocycles. The SMILES string of the molecule is CC(CCc1ccccc1)NC(=O)N1CCC(O)(C(F)(F)F)CC1. The zero-order valence-corrected chi connectivity index (χ0v) is 13.6. The first kappa shape index (κ1) is 18.6. The molecule has 1 aromatic carbocycles. The average molecular weight is 344 g/mol. The number of halogens is 3. The van der Waals surface area contributed by atoms with E-state index < -0.39 is 24.6 Å². The Bertz CT molecular complexity index is 541. The summed E-state index contributed by atoms with van der Waals surface area (Å²) in [5, 5.41) is 12.4. The standard InChI is InChI=1S/C17H23F3N2O2/c1-13(7-8-14-5-3-2-4-6-14)21-15(23)22-11-9-16(24,10-12-22)17(18,19)20/h2-6,13,24H,7-12H2,1H3,(H,21,23). The first-order valence-corrected chi connectivity index (χ1v) is 8.10. The summed E-state index contributed by atoms with van der Waals surface area (Å²) < 4.78 is 38.3. The number of amides is 2. The van der Waals surface area contributed by atoms with E-state index in [1.165, 1.54) is 10.5 Å². The molecular weight excluding hydrogens is 321 g/mol. The number of benzene rings is 1. The zero-order chi connectivity index (χ0) is 17.8. The number of alkyl halides is 3. The summed E-state index contributed by atoms with van der Waals surface area (Å²) >= 11 is 0. The van der Waals surface area contributed by atoms with Gasteiger partial charge in [0.2, 0.25) is 0 Å². The minimum atomic E-state index is -4.65. The lowest BCUT2D eigenvalue weighted by atomic mass is 9.91. The van der Waals surface area contributed by atoms with Gasteiger partial charge in [-0.2, -0.15) is 13.2 Å². The molecule has 1 atom stereocenters. The van der Waals surface area contributed by atoms with Crippen LogP contribution >= 0.6 is 0 Å². The molecule has 1 unspecified atom stereocenters. The minimum absolute atomic E-state index is 0.0823. The lowest BCUT2D eigenvalue weighted by Gasteiger charge is -2.39. The van der Waals surface area contributed by atoms with Crippen molar-refractivity contribution in [3.63, 3.8) is 0 Å². The van der Waals surface area contributed by atoms with E-state index in [-0.39, 0.29) is 25.2 Å². The van der Waals surface area contributed by atoms with E-state index in [9.17, 15) is 23.1 Å². The van der Waals surface area contributed by atoms with E-state index in [0.29, 0.717) is 0 Å². The highest BCUT2D eigenvalue weighted by Crippen LogP contribution is 2.38. The first-order chi connectivity index (χ1) is 11.2. The maximum atomic E-state index is 12.8. The van der Waals surface area contributed by atoms with Gasteiger partial charge in [-0.15, -0.1) is 0 Å². The number of hydrogen-bond acceptors (Lipinski definition) is 2. The molecule has 1 fully saturated rings. The quantitative estimate of drug-likeness (QED) is 0.882. The molecule has 2 rings (SSSR count). The van der Waals surface area contributed by atoms with Gasteiger partial charge in [-0.25, -0.2) is 4.79 Å². The molecule has 0 saturated carbocycles. The minimum Gasteiger partial charge on any atom is -0.380 e. The van der Waals surface area contributed by atoms with Crippen molar-refractivity contribution >= 4 is 6.03 Å². The number of aliphatic hydroxyl groups is 1. The highest BCUT2D eigenvalue weighted by Gasteiger charge is 2.54. The van der Waals surface area contributed by atoms with Crippen LogP contribution in [0.5, 0.6) is 0 Å². The van der Waals surface area contributed by atoms with Crippen LogP contribution in [0.1, 0.15) is 31.7 Å². The average Bonchev–Trinajstić information content (AvgIpc) is 2.53. The number of likely N-dealkylation sites (tertiary alicyclic amines) is 1. The predicted molar refractivity (Wildman–Crippen MR) is 84.6 cm³/mol. The lowest BCUT2D eigenvalue weighted by molar-refractivity contribution is -0.271. The van der Waals surface area contributed by atoms with Crippen LogP contribution in [0.4, 0.5) is 18.0 Å². The van der Waals surface area contributed by atoms with E-state index in [0.717, 1.165) is 12.8 Å². The van der Waals surface area contributed by atoms with Crippen LogP contribution in [-0.2, 0) is 6.42 Å². The summed E-state index contributed by atoms with van der Waals surface area (Å²) in [5.74, 6) is 0. The number of urea groups is 1. The lowest BCUT2D eigenvalue weighted by Crippen LogP contribution is -2.56. The molecular formula is C17H23F3N2O2. The Kier molecular flexibility index (Phi) is 5.74. The van der Waals surface area contributed by atoms with Crippen molar-refractivity contribution in [1.29, 1.82) is 0 Å². The monoisotopic (exact) mass is 344 g/mol. The van der Waals surface area contributed by atoms with Crippen LogP contribution in [0.25, 0.3) is 0 Å². The molecule has 1 aromatic rings. The molecule has 2 amide bonds. The van der Waals surface area contributed by atoms with E-state index in [1.807, 2.05) is 37.3 Å². The van der Waals surface area contributed by atoms with Gasteiger partial charge in [-0.1, -0.05) is 30.3 Å². The molecule has 0 bridgehead atoms. The third kappa shape index (κ3) is 4.63. The number of nitrogens with one attached hydrogen (secondary N) is 1. The zero-order valence-electron chi connectivity index (χ0n) is 13.6. The van der Waals surface area contributed by atoms with Crippen molar-refractivity contribution in [3.05, 3.63) is 35.9 Å². The Morgan fingerprint density at radius 1 is 1.29 bits per heavy atom. The largest absolute Gasteiger partial charge is 0.417 e. The second-order valence-corrected chi connectivity index (χ2v) is 6.39. The van der Waals surface area contributed by atoms with Crippen LogP contribution in [0, 0.1) is 0 Å². The molecule has 0 spiro atoms. The normalized spacial score (nSPS) is 19.0. The Balaban J connectivity index is 1.77. The molecule has 0 radical (unpaired) electrons. The van der Waals surface area contributed by atoms with Gasteiger partial charge >= 0.3 is 12.2 Å². The summed E-state index contributed by atoms with van der Waals surface area (Å²) in [5.41, 5.74) is -1.50. The second kappa shape index (κ2) is 7.42. The number of piperidine rings is 1. The van der Waals surface area contributed by atoms with Crippen molar-refractivity contribution in [3.8, 4) is 0 Å². The Hall–Kier alpha value is -1.76. The topological polar surface area (TPSA) is 52.6 Å². The van der Waals surface area contributed by atoms with Crippen molar-refractivity contribution in [2.45, 2.75) is 50.4 Å². The Morgan fingerprint density at radius 3 is 2.42 bits per heavy atom. The molecule has 0 aromatic heterocycles. The second-order valence-electron chi connectivity index (χ2n) is 6.39. The molecule has 2 N–H and O–H groups in total.